The van der Waals surface area contributed by atoms with Crippen LogP contribution in [-0.4, -0.2) is 64.3 Å². The molecule has 0 unspecified atom stereocenters. The van der Waals surface area contributed by atoms with Gasteiger partial charge < -0.3 is 35.6 Å². The van der Waals surface area contributed by atoms with Gasteiger partial charge in [0.15, 0.2) is 0 Å². The van der Waals surface area contributed by atoms with Crippen molar-refractivity contribution in [2.24, 2.45) is 0 Å². The van der Waals surface area contributed by atoms with Gasteiger partial charge in [-0.05, 0) is 17.7 Å². The van der Waals surface area contributed by atoms with Crippen molar-refractivity contribution in [2.45, 2.75) is 37.1 Å². The third-order valence-corrected chi connectivity index (χ3v) is 3.49. The zero-order valence-corrected chi connectivity index (χ0v) is 11.6. The Morgan fingerprint density at radius 1 is 1.05 bits per heavy atom. The van der Waals surface area contributed by atoms with E-state index in [1.165, 1.54) is 0 Å². The van der Waals surface area contributed by atoms with Gasteiger partial charge >= 0.3 is 0 Å². The van der Waals surface area contributed by atoms with Crippen molar-refractivity contribution in [3.05, 3.63) is 29.8 Å². The van der Waals surface area contributed by atoms with E-state index in [1.54, 1.807) is 12.1 Å². The molecule has 1 aliphatic heterocycles. The molecule has 1 aromatic rings. The Balaban J connectivity index is 2.03. The van der Waals surface area contributed by atoms with Gasteiger partial charge in [-0.1, -0.05) is 12.1 Å². The van der Waals surface area contributed by atoms with Crippen LogP contribution in [0.2, 0.25) is 0 Å². The van der Waals surface area contributed by atoms with Gasteiger partial charge in [-0.3, -0.25) is 0 Å². The molecular formula is C14H22NO6+. The molecule has 7 nitrogen and oxygen atoms in total. The first-order valence-corrected chi connectivity index (χ1v) is 6.92. The fraction of sp³-hybridized carbons (Fsp3) is 0.571. The van der Waals surface area contributed by atoms with E-state index in [0.29, 0.717) is 5.75 Å². The highest BCUT2D eigenvalue weighted by Crippen LogP contribution is 2.24. The lowest BCUT2D eigenvalue weighted by Crippen LogP contribution is -2.60. The number of hydrogen-bond donors (Lipinski definition) is 5. The van der Waals surface area contributed by atoms with E-state index in [2.05, 4.69) is 5.73 Å². The lowest BCUT2D eigenvalue weighted by atomic mass is 9.99. The fourth-order valence-electron chi connectivity index (χ4n) is 2.24. The van der Waals surface area contributed by atoms with E-state index >= 15 is 0 Å². The van der Waals surface area contributed by atoms with Crippen LogP contribution in [0.5, 0.6) is 5.75 Å². The quantitative estimate of drug-likeness (QED) is 0.414. The first-order valence-electron chi connectivity index (χ1n) is 6.92. The maximum atomic E-state index is 9.87. The highest BCUT2D eigenvalue weighted by Gasteiger charge is 2.44. The summed E-state index contributed by atoms with van der Waals surface area (Å²) in [5.74, 6) is 0.465. The van der Waals surface area contributed by atoms with Gasteiger partial charge in [0.2, 0.25) is 6.29 Å². The van der Waals surface area contributed by atoms with Crippen LogP contribution in [0.1, 0.15) is 5.56 Å². The number of benzene rings is 1. The summed E-state index contributed by atoms with van der Waals surface area (Å²) < 4.78 is 10.8. The number of hydrogen-bond acceptors (Lipinski definition) is 6. The van der Waals surface area contributed by atoms with Crippen LogP contribution in [0.3, 0.4) is 0 Å². The van der Waals surface area contributed by atoms with Crippen molar-refractivity contribution < 1.29 is 35.6 Å². The SMILES string of the molecule is [NH3+]CCc1ccc(O[C@@H]2O[C@H](CO)[C@@H](O)[C@H](O)[C@H]2O)cc1. The number of aliphatic hydroxyl groups excluding tert-OH is 4. The predicted molar refractivity (Wildman–Crippen MR) is 72.3 cm³/mol. The van der Waals surface area contributed by atoms with Crippen LogP contribution >= 0.6 is 0 Å². The minimum Gasteiger partial charge on any atom is -0.462 e. The molecular weight excluding hydrogens is 278 g/mol. The molecule has 0 aromatic heterocycles. The highest BCUT2D eigenvalue weighted by atomic mass is 16.7. The fourth-order valence-corrected chi connectivity index (χ4v) is 2.24. The zero-order valence-electron chi connectivity index (χ0n) is 11.6. The van der Waals surface area contributed by atoms with Crippen molar-refractivity contribution >= 4 is 0 Å². The van der Waals surface area contributed by atoms with Crippen molar-refractivity contribution in [1.82, 2.24) is 0 Å². The third-order valence-electron chi connectivity index (χ3n) is 3.49. The molecule has 1 fully saturated rings. The number of quaternary nitrogens is 1. The first kappa shape index (κ1) is 16.2. The third kappa shape index (κ3) is 3.70. The number of ether oxygens (including phenoxy) is 2. The smallest absolute Gasteiger partial charge is 0.229 e. The van der Waals surface area contributed by atoms with E-state index < -0.39 is 37.3 Å². The monoisotopic (exact) mass is 300 g/mol. The van der Waals surface area contributed by atoms with Gasteiger partial charge in [0.1, 0.15) is 30.2 Å². The molecule has 1 aromatic carbocycles. The second kappa shape index (κ2) is 7.17. The van der Waals surface area contributed by atoms with E-state index in [0.717, 1.165) is 18.5 Å². The highest BCUT2D eigenvalue weighted by molar-refractivity contribution is 5.27. The average molecular weight is 300 g/mol. The van der Waals surface area contributed by atoms with Gasteiger partial charge in [0, 0.05) is 6.42 Å². The van der Waals surface area contributed by atoms with E-state index in [-0.39, 0.29) is 0 Å². The van der Waals surface area contributed by atoms with Gasteiger partial charge in [-0.25, -0.2) is 0 Å². The molecule has 1 aliphatic rings. The lowest BCUT2D eigenvalue weighted by Gasteiger charge is -2.39. The van der Waals surface area contributed by atoms with E-state index in [9.17, 15) is 15.3 Å². The summed E-state index contributed by atoms with van der Waals surface area (Å²) in [5, 5.41) is 38.3. The van der Waals surface area contributed by atoms with Crippen molar-refractivity contribution in [1.29, 1.82) is 0 Å². The molecule has 0 aliphatic carbocycles. The summed E-state index contributed by atoms with van der Waals surface area (Å²) >= 11 is 0. The Bertz CT molecular complexity index is 438. The van der Waals surface area contributed by atoms with Gasteiger partial charge in [-0.15, -0.1) is 0 Å². The molecule has 118 valence electrons. The van der Waals surface area contributed by atoms with E-state index in [1.807, 2.05) is 12.1 Å². The summed E-state index contributed by atoms with van der Waals surface area (Å²) in [6, 6.07) is 7.22. The van der Waals surface area contributed by atoms with Crippen LogP contribution in [-0.2, 0) is 11.2 Å². The minimum absolute atomic E-state index is 0.465. The molecule has 1 saturated heterocycles. The van der Waals surface area contributed by atoms with Gasteiger partial charge in [-0.2, -0.15) is 0 Å². The Morgan fingerprint density at radius 2 is 1.71 bits per heavy atom. The second-order valence-corrected chi connectivity index (χ2v) is 5.06. The van der Waals surface area contributed by atoms with Crippen molar-refractivity contribution in [3.63, 3.8) is 0 Å². The molecule has 2 rings (SSSR count). The maximum Gasteiger partial charge on any atom is 0.229 e. The topological polar surface area (TPSA) is 127 Å². The van der Waals surface area contributed by atoms with Crippen LogP contribution in [0.25, 0.3) is 0 Å². The van der Waals surface area contributed by atoms with Crippen molar-refractivity contribution in [2.75, 3.05) is 13.2 Å². The summed E-state index contributed by atoms with van der Waals surface area (Å²) in [5.41, 5.74) is 4.90. The predicted octanol–water partition coefficient (Wildman–Crippen LogP) is -2.35. The zero-order chi connectivity index (χ0) is 15.4. The van der Waals surface area contributed by atoms with Crippen molar-refractivity contribution in [3.8, 4) is 5.75 Å². The maximum absolute atomic E-state index is 9.87. The molecule has 0 spiro atoms. The Labute approximate surface area is 122 Å². The summed E-state index contributed by atoms with van der Waals surface area (Å²) in [7, 11) is 0. The summed E-state index contributed by atoms with van der Waals surface area (Å²) in [6.07, 6.45) is -5.49. The van der Waals surface area contributed by atoms with Gasteiger partial charge in [0.05, 0.1) is 13.2 Å². The Morgan fingerprint density at radius 3 is 2.29 bits per heavy atom. The van der Waals surface area contributed by atoms with Crippen LogP contribution in [0.4, 0.5) is 0 Å². The van der Waals surface area contributed by atoms with Crippen LogP contribution < -0.4 is 10.5 Å². The molecule has 7 heteroatoms. The lowest BCUT2D eigenvalue weighted by molar-refractivity contribution is -0.366. The summed E-state index contributed by atoms with van der Waals surface area (Å²) in [4.78, 5) is 0. The molecule has 21 heavy (non-hydrogen) atoms. The van der Waals surface area contributed by atoms with Gasteiger partial charge in [0.25, 0.3) is 0 Å². The van der Waals surface area contributed by atoms with Crippen LogP contribution in [0.15, 0.2) is 24.3 Å². The molecule has 7 N–H and O–H groups in total. The standard InChI is InChI=1S/C14H21NO6/c15-6-5-8-1-3-9(4-2-8)20-14-13(19)12(18)11(17)10(7-16)21-14/h1-4,10-14,16-19H,5-7,15H2/p+1/t10-,11-,12+,13-,14-/m1/s1. The minimum atomic E-state index is -1.44. The largest absolute Gasteiger partial charge is 0.462 e. The molecule has 0 saturated carbocycles. The molecule has 5 atom stereocenters. The first-order chi connectivity index (χ1) is 10.1. The second-order valence-electron chi connectivity index (χ2n) is 5.06. The molecule has 1 heterocycles. The normalized spacial score (nSPS) is 32.9. The Kier molecular flexibility index (Phi) is 5.51. The summed E-state index contributed by atoms with van der Waals surface area (Å²) in [6.45, 7) is 0.320. The number of rotatable bonds is 5. The Hall–Kier alpha value is -1.22. The number of aliphatic hydroxyl groups is 4. The van der Waals surface area contributed by atoms with Crippen LogP contribution in [0, 0.1) is 0 Å². The molecule has 0 bridgehead atoms. The molecule has 0 amide bonds. The molecule has 0 radical (unpaired) electrons. The van der Waals surface area contributed by atoms with E-state index in [4.69, 9.17) is 14.6 Å². The average Bonchev–Trinajstić information content (AvgIpc) is 2.50.